The van der Waals surface area contributed by atoms with E-state index in [4.69, 9.17) is 9.47 Å². The quantitative estimate of drug-likeness (QED) is 0.857. The first-order valence-electron chi connectivity index (χ1n) is 7.19. The molecule has 2 atom stereocenters. The molecular weight excluding hydrogens is 328 g/mol. The van der Waals surface area contributed by atoms with Crippen molar-refractivity contribution in [3.63, 3.8) is 0 Å². The molecule has 2 aliphatic heterocycles. The number of para-hydroxylation sites is 1. The molecule has 0 amide bonds. The SMILES string of the molecule is CC1CCNCC1NS(=O)(=O)c1cccc2c1OCCO2.Cl. The zero-order valence-electron chi connectivity index (χ0n) is 12.4. The molecule has 1 aromatic rings. The normalized spacial score (nSPS) is 24.4. The Kier molecular flexibility index (Phi) is 5.55. The van der Waals surface area contributed by atoms with Gasteiger partial charge in [0.05, 0.1) is 0 Å². The van der Waals surface area contributed by atoms with E-state index < -0.39 is 10.0 Å². The van der Waals surface area contributed by atoms with Crippen molar-refractivity contribution in [1.82, 2.24) is 10.0 Å². The Hall–Kier alpha value is -1.02. The van der Waals surface area contributed by atoms with Gasteiger partial charge < -0.3 is 14.8 Å². The van der Waals surface area contributed by atoms with Crippen LogP contribution >= 0.6 is 12.4 Å². The van der Waals surface area contributed by atoms with Gasteiger partial charge in [0.2, 0.25) is 10.0 Å². The molecule has 6 nitrogen and oxygen atoms in total. The molecule has 2 N–H and O–H groups in total. The molecule has 0 radical (unpaired) electrons. The molecule has 1 saturated heterocycles. The number of benzene rings is 1. The van der Waals surface area contributed by atoms with Crippen LogP contribution in [0.3, 0.4) is 0 Å². The Bertz CT molecular complexity index is 623. The molecule has 22 heavy (non-hydrogen) atoms. The lowest BCUT2D eigenvalue weighted by molar-refractivity contribution is 0.167. The molecule has 0 aliphatic carbocycles. The lowest BCUT2D eigenvalue weighted by Gasteiger charge is -2.30. The van der Waals surface area contributed by atoms with Crippen LogP contribution in [-0.4, -0.2) is 40.8 Å². The highest BCUT2D eigenvalue weighted by atomic mass is 35.5. The average molecular weight is 349 g/mol. The molecule has 0 bridgehead atoms. The Labute approximate surface area is 137 Å². The summed E-state index contributed by atoms with van der Waals surface area (Å²) in [5.74, 6) is 1.10. The van der Waals surface area contributed by atoms with E-state index >= 15 is 0 Å². The zero-order chi connectivity index (χ0) is 14.9. The van der Waals surface area contributed by atoms with Gasteiger partial charge in [0.15, 0.2) is 11.5 Å². The van der Waals surface area contributed by atoms with Gasteiger partial charge in [-0.3, -0.25) is 0 Å². The van der Waals surface area contributed by atoms with E-state index in [1.54, 1.807) is 18.2 Å². The number of hydrogen-bond acceptors (Lipinski definition) is 5. The highest BCUT2D eigenvalue weighted by Crippen LogP contribution is 2.36. The van der Waals surface area contributed by atoms with Crippen molar-refractivity contribution in [1.29, 1.82) is 0 Å². The number of piperidine rings is 1. The van der Waals surface area contributed by atoms with E-state index in [2.05, 4.69) is 17.0 Å². The van der Waals surface area contributed by atoms with E-state index in [0.717, 1.165) is 13.0 Å². The van der Waals surface area contributed by atoms with Gasteiger partial charge in [-0.25, -0.2) is 13.1 Å². The highest BCUT2D eigenvalue weighted by Gasteiger charge is 2.30. The summed E-state index contributed by atoms with van der Waals surface area (Å²) in [5, 5.41) is 3.22. The van der Waals surface area contributed by atoms with Crippen LogP contribution in [0.1, 0.15) is 13.3 Å². The first-order valence-corrected chi connectivity index (χ1v) is 8.68. The number of nitrogens with one attached hydrogen (secondary N) is 2. The Morgan fingerprint density at radius 3 is 2.82 bits per heavy atom. The van der Waals surface area contributed by atoms with Crippen LogP contribution in [0.25, 0.3) is 0 Å². The third-order valence-corrected chi connectivity index (χ3v) is 5.47. The van der Waals surface area contributed by atoms with E-state index in [9.17, 15) is 8.42 Å². The predicted molar refractivity (Wildman–Crippen MR) is 85.4 cm³/mol. The van der Waals surface area contributed by atoms with Crippen molar-refractivity contribution in [3.05, 3.63) is 18.2 Å². The number of ether oxygens (including phenoxy) is 2. The van der Waals surface area contributed by atoms with Crippen LogP contribution in [0.2, 0.25) is 0 Å². The van der Waals surface area contributed by atoms with Crippen molar-refractivity contribution < 1.29 is 17.9 Å². The summed E-state index contributed by atoms with van der Waals surface area (Å²) in [6.45, 7) is 4.44. The molecular formula is C14H21ClN2O4S. The number of hydrogen-bond donors (Lipinski definition) is 2. The van der Waals surface area contributed by atoms with Gasteiger partial charge in [-0.05, 0) is 31.0 Å². The summed E-state index contributed by atoms with van der Waals surface area (Å²) in [6, 6.07) is 4.84. The Balaban J connectivity index is 0.00000176. The fourth-order valence-corrected chi connectivity index (χ4v) is 4.17. The maximum atomic E-state index is 12.6. The molecule has 0 aromatic heterocycles. The smallest absolute Gasteiger partial charge is 0.244 e. The molecule has 3 rings (SSSR count). The van der Waals surface area contributed by atoms with E-state index in [-0.39, 0.29) is 23.3 Å². The first-order chi connectivity index (χ1) is 10.1. The molecule has 2 heterocycles. The molecule has 2 aliphatic rings. The minimum absolute atomic E-state index is 0. The third-order valence-electron chi connectivity index (χ3n) is 3.95. The largest absolute Gasteiger partial charge is 0.486 e. The number of halogens is 1. The van der Waals surface area contributed by atoms with Gasteiger partial charge in [0.1, 0.15) is 18.1 Å². The van der Waals surface area contributed by atoms with Crippen molar-refractivity contribution in [2.24, 2.45) is 5.92 Å². The van der Waals surface area contributed by atoms with Gasteiger partial charge in [0, 0.05) is 12.6 Å². The Morgan fingerprint density at radius 2 is 2.05 bits per heavy atom. The van der Waals surface area contributed by atoms with Crippen LogP contribution in [0.5, 0.6) is 11.5 Å². The minimum atomic E-state index is -3.63. The van der Waals surface area contributed by atoms with E-state index in [0.29, 0.717) is 37.2 Å². The van der Waals surface area contributed by atoms with Crippen LogP contribution in [0.4, 0.5) is 0 Å². The van der Waals surface area contributed by atoms with Crippen molar-refractivity contribution >= 4 is 22.4 Å². The number of fused-ring (bicyclic) bond motifs is 1. The predicted octanol–water partition coefficient (Wildman–Crippen LogP) is 1.16. The number of sulfonamides is 1. The summed E-state index contributed by atoms with van der Waals surface area (Å²) >= 11 is 0. The summed E-state index contributed by atoms with van der Waals surface area (Å²) in [5.41, 5.74) is 0. The Morgan fingerprint density at radius 1 is 1.27 bits per heavy atom. The fraction of sp³-hybridized carbons (Fsp3) is 0.571. The molecule has 8 heteroatoms. The second kappa shape index (κ2) is 7.04. The second-order valence-corrected chi connectivity index (χ2v) is 7.16. The second-order valence-electron chi connectivity index (χ2n) is 5.48. The van der Waals surface area contributed by atoms with Crippen molar-refractivity contribution in [2.75, 3.05) is 26.3 Å². The standard InChI is InChI=1S/C14H20N2O4S.ClH/c1-10-5-6-15-9-11(10)16-21(17,18)13-4-2-3-12-14(13)20-8-7-19-12;/h2-4,10-11,15-16H,5-9H2,1H3;1H. The van der Waals surface area contributed by atoms with Crippen molar-refractivity contribution in [2.45, 2.75) is 24.3 Å². The molecule has 0 saturated carbocycles. The van der Waals surface area contributed by atoms with Gasteiger partial charge >= 0.3 is 0 Å². The van der Waals surface area contributed by atoms with Crippen LogP contribution in [0.15, 0.2) is 23.1 Å². The lowest BCUT2D eigenvalue weighted by Crippen LogP contribution is -2.50. The fourth-order valence-electron chi connectivity index (χ4n) is 2.67. The summed E-state index contributed by atoms with van der Waals surface area (Å²) < 4.78 is 39.0. The van der Waals surface area contributed by atoms with Gasteiger partial charge in [0.25, 0.3) is 0 Å². The van der Waals surface area contributed by atoms with Gasteiger partial charge in [-0.2, -0.15) is 0 Å². The topological polar surface area (TPSA) is 76.7 Å². The van der Waals surface area contributed by atoms with Gasteiger partial charge in [-0.15, -0.1) is 12.4 Å². The average Bonchev–Trinajstić information content (AvgIpc) is 2.49. The molecule has 0 spiro atoms. The summed E-state index contributed by atoms with van der Waals surface area (Å²) in [6.07, 6.45) is 0.958. The van der Waals surface area contributed by atoms with Crippen LogP contribution in [-0.2, 0) is 10.0 Å². The maximum absolute atomic E-state index is 12.6. The first kappa shape index (κ1) is 17.3. The van der Waals surface area contributed by atoms with Crippen molar-refractivity contribution in [3.8, 4) is 11.5 Å². The van der Waals surface area contributed by atoms with E-state index in [1.807, 2.05) is 0 Å². The van der Waals surface area contributed by atoms with Crippen LogP contribution in [0, 0.1) is 5.92 Å². The zero-order valence-corrected chi connectivity index (χ0v) is 14.0. The van der Waals surface area contributed by atoms with Crippen LogP contribution < -0.4 is 19.5 Å². The van der Waals surface area contributed by atoms with Gasteiger partial charge in [-0.1, -0.05) is 13.0 Å². The van der Waals surface area contributed by atoms with E-state index in [1.165, 1.54) is 0 Å². The number of rotatable bonds is 3. The minimum Gasteiger partial charge on any atom is -0.486 e. The maximum Gasteiger partial charge on any atom is 0.244 e. The summed E-state index contributed by atoms with van der Waals surface area (Å²) in [7, 11) is -3.63. The third kappa shape index (κ3) is 3.48. The molecule has 124 valence electrons. The lowest BCUT2D eigenvalue weighted by atomic mass is 9.96. The summed E-state index contributed by atoms with van der Waals surface area (Å²) in [4.78, 5) is 0.150. The molecule has 1 fully saturated rings. The molecule has 1 aromatic carbocycles. The molecule has 2 unspecified atom stereocenters. The monoisotopic (exact) mass is 348 g/mol. The highest BCUT2D eigenvalue weighted by molar-refractivity contribution is 7.89.